The molecular formula is C11H15N7O2. The number of ether oxygens (including phenoxy) is 2. The van der Waals surface area contributed by atoms with E-state index in [-0.39, 0.29) is 12.0 Å². The lowest BCUT2D eigenvalue weighted by molar-refractivity contribution is 0.163. The Balaban J connectivity index is 1.77. The molecule has 9 nitrogen and oxygen atoms in total. The zero-order valence-electron chi connectivity index (χ0n) is 10.8. The van der Waals surface area contributed by atoms with Crippen LogP contribution in [-0.4, -0.2) is 44.6 Å². The van der Waals surface area contributed by atoms with Crippen LogP contribution in [0.15, 0.2) is 18.5 Å². The summed E-state index contributed by atoms with van der Waals surface area (Å²) >= 11 is 0. The van der Waals surface area contributed by atoms with E-state index in [1.54, 1.807) is 18.5 Å². The molecule has 1 saturated heterocycles. The fraction of sp³-hybridized carbons (Fsp3) is 0.455. The monoisotopic (exact) mass is 277 g/mol. The molecule has 3 rings (SSSR count). The van der Waals surface area contributed by atoms with Gasteiger partial charge in [0, 0.05) is 24.9 Å². The molecule has 0 radical (unpaired) electrons. The summed E-state index contributed by atoms with van der Waals surface area (Å²) in [5.74, 6) is 6.29. The van der Waals surface area contributed by atoms with Gasteiger partial charge < -0.3 is 9.47 Å². The van der Waals surface area contributed by atoms with E-state index in [9.17, 15) is 0 Å². The van der Waals surface area contributed by atoms with E-state index >= 15 is 0 Å². The minimum Gasteiger partial charge on any atom is -0.463 e. The maximum Gasteiger partial charge on any atom is 0.323 e. The number of rotatable bonds is 5. The first-order chi connectivity index (χ1) is 9.85. The largest absolute Gasteiger partial charge is 0.463 e. The summed E-state index contributed by atoms with van der Waals surface area (Å²) in [6, 6.07) is 1.99. The first-order valence-corrected chi connectivity index (χ1v) is 6.28. The van der Waals surface area contributed by atoms with Gasteiger partial charge in [-0.3, -0.25) is 5.43 Å². The van der Waals surface area contributed by atoms with E-state index in [1.165, 1.54) is 4.68 Å². The van der Waals surface area contributed by atoms with Gasteiger partial charge in [-0.05, 0) is 12.5 Å². The van der Waals surface area contributed by atoms with Crippen molar-refractivity contribution >= 4 is 5.95 Å². The Hall–Kier alpha value is -2.26. The van der Waals surface area contributed by atoms with Crippen molar-refractivity contribution in [2.75, 3.05) is 25.2 Å². The lowest BCUT2D eigenvalue weighted by Gasteiger charge is -2.10. The SMILES string of the molecule is NNc1nc(OCC2CCOC2)nc(-n2cccn2)n1. The van der Waals surface area contributed by atoms with Crippen LogP contribution in [0, 0.1) is 5.92 Å². The maximum absolute atomic E-state index is 5.59. The van der Waals surface area contributed by atoms with E-state index in [1.807, 2.05) is 0 Å². The quantitative estimate of drug-likeness (QED) is 0.568. The van der Waals surface area contributed by atoms with E-state index in [2.05, 4.69) is 25.5 Å². The average Bonchev–Trinajstić information content (AvgIpc) is 3.17. The average molecular weight is 277 g/mol. The van der Waals surface area contributed by atoms with Crippen LogP contribution >= 0.6 is 0 Å². The molecule has 1 aliphatic rings. The normalized spacial score (nSPS) is 18.1. The van der Waals surface area contributed by atoms with Crippen LogP contribution in [0.25, 0.3) is 5.95 Å². The Morgan fingerprint density at radius 2 is 2.40 bits per heavy atom. The standard InChI is InChI=1S/C11H15N7O2/c12-17-9-14-10(18-4-1-3-13-18)16-11(15-9)20-7-8-2-5-19-6-8/h1,3-4,8H,2,5-7,12H2,(H,14,15,16,17). The molecule has 2 aromatic rings. The summed E-state index contributed by atoms with van der Waals surface area (Å²) in [6.07, 6.45) is 4.35. The predicted molar refractivity (Wildman–Crippen MR) is 69.2 cm³/mol. The van der Waals surface area contributed by atoms with Crippen molar-refractivity contribution in [1.29, 1.82) is 0 Å². The Morgan fingerprint density at radius 1 is 1.45 bits per heavy atom. The minimum atomic E-state index is 0.213. The molecule has 1 atom stereocenters. The molecule has 2 aromatic heterocycles. The zero-order valence-corrected chi connectivity index (χ0v) is 10.8. The Bertz CT molecular complexity index is 554. The fourth-order valence-electron chi connectivity index (χ4n) is 1.87. The minimum absolute atomic E-state index is 0.213. The zero-order chi connectivity index (χ0) is 13.8. The number of hydrazine groups is 1. The third-order valence-electron chi connectivity index (χ3n) is 2.91. The van der Waals surface area contributed by atoms with Gasteiger partial charge in [-0.1, -0.05) is 0 Å². The number of hydrogen-bond acceptors (Lipinski definition) is 8. The highest BCUT2D eigenvalue weighted by Gasteiger charge is 2.17. The van der Waals surface area contributed by atoms with Gasteiger partial charge in [-0.25, -0.2) is 10.5 Å². The van der Waals surface area contributed by atoms with E-state index in [0.717, 1.165) is 13.0 Å². The molecule has 1 fully saturated rings. The summed E-state index contributed by atoms with van der Waals surface area (Å²) in [7, 11) is 0. The van der Waals surface area contributed by atoms with Crippen molar-refractivity contribution in [2.24, 2.45) is 11.8 Å². The smallest absolute Gasteiger partial charge is 0.323 e. The first kappa shape index (κ1) is 12.8. The van der Waals surface area contributed by atoms with Gasteiger partial charge in [0.05, 0.1) is 13.2 Å². The van der Waals surface area contributed by atoms with Gasteiger partial charge >= 0.3 is 6.01 Å². The highest BCUT2D eigenvalue weighted by atomic mass is 16.5. The second kappa shape index (κ2) is 5.80. The summed E-state index contributed by atoms with van der Waals surface area (Å²) in [4.78, 5) is 12.4. The van der Waals surface area contributed by atoms with Crippen molar-refractivity contribution in [3.05, 3.63) is 18.5 Å². The lowest BCUT2D eigenvalue weighted by Crippen LogP contribution is -2.17. The summed E-state index contributed by atoms with van der Waals surface area (Å²) in [5.41, 5.74) is 2.39. The Kier molecular flexibility index (Phi) is 3.70. The van der Waals surface area contributed by atoms with Gasteiger partial charge in [0.25, 0.3) is 5.95 Å². The van der Waals surface area contributed by atoms with Crippen LogP contribution in [0.4, 0.5) is 5.95 Å². The van der Waals surface area contributed by atoms with Gasteiger partial charge in [0.1, 0.15) is 0 Å². The second-order valence-corrected chi connectivity index (χ2v) is 4.38. The molecule has 1 unspecified atom stereocenters. The van der Waals surface area contributed by atoms with Gasteiger partial charge in [0.2, 0.25) is 5.95 Å². The summed E-state index contributed by atoms with van der Waals surface area (Å²) in [5, 5.41) is 4.06. The van der Waals surface area contributed by atoms with Gasteiger partial charge in [-0.15, -0.1) is 0 Å². The van der Waals surface area contributed by atoms with E-state index in [0.29, 0.717) is 25.1 Å². The number of nitrogen functional groups attached to an aromatic ring is 1. The van der Waals surface area contributed by atoms with Crippen LogP contribution in [0.2, 0.25) is 0 Å². The van der Waals surface area contributed by atoms with E-state index in [4.69, 9.17) is 15.3 Å². The number of hydrogen-bond donors (Lipinski definition) is 2. The number of anilines is 1. The number of nitrogens with zero attached hydrogens (tertiary/aromatic N) is 5. The topological polar surface area (TPSA) is 113 Å². The van der Waals surface area contributed by atoms with Crippen molar-refractivity contribution < 1.29 is 9.47 Å². The Labute approximate surface area is 115 Å². The van der Waals surface area contributed by atoms with Gasteiger partial charge in [-0.2, -0.15) is 20.1 Å². The highest BCUT2D eigenvalue weighted by molar-refractivity contribution is 5.28. The van der Waals surface area contributed by atoms with Crippen LogP contribution in [0.3, 0.4) is 0 Å². The summed E-state index contributed by atoms with van der Waals surface area (Å²) < 4.78 is 12.4. The molecule has 0 aliphatic carbocycles. The van der Waals surface area contributed by atoms with E-state index < -0.39 is 0 Å². The third-order valence-corrected chi connectivity index (χ3v) is 2.91. The van der Waals surface area contributed by atoms with Crippen molar-refractivity contribution in [3.63, 3.8) is 0 Å². The molecule has 0 amide bonds. The molecule has 1 aliphatic heterocycles. The number of nitrogens with two attached hydrogens (primary N) is 1. The highest BCUT2D eigenvalue weighted by Crippen LogP contribution is 2.15. The molecule has 20 heavy (non-hydrogen) atoms. The molecule has 0 bridgehead atoms. The van der Waals surface area contributed by atoms with Crippen molar-refractivity contribution in [2.45, 2.75) is 6.42 Å². The molecule has 9 heteroatoms. The fourth-order valence-corrected chi connectivity index (χ4v) is 1.87. The lowest BCUT2D eigenvalue weighted by atomic mass is 10.1. The van der Waals surface area contributed by atoms with Crippen LogP contribution in [-0.2, 0) is 4.74 Å². The predicted octanol–water partition coefficient (Wildman–Crippen LogP) is -0.242. The molecule has 106 valence electrons. The van der Waals surface area contributed by atoms with Crippen LogP contribution < -0.4 is 16.0 Å². The molecule has 3 heterocycles. The molecule has 3 N–H and O–H groups in total. The second-order valence-electron chi connectivity index (χ2n) is 4.38. The summed E-state index contributed by atoms with van der Waals surface area (Å²) in [6.45, 7) is 1.99. The van der Waals surface area contributed by atoms with Crippen molar-refractivity contribution in [1.82, 2.24) is 24.7 Å². The van der Waals surface area contributed by atoms with Crippen molar-refractivity contribution in [3.8, 4) is 12.0 Å². The number of nitrogens with one attached hydrogen (secondary N) is 1. The molecule has 0 aromatic carbocycles. The Morgan fingerprint density at radius 3 is 3.10 bits per heavy atom. The number of aromatic nitrogens is 5. The maximum atomic E-state index is 5.59. The first-order valence-electron chi connectivity index (χ1n) is 6.28. The molecular weight excluding hydrogens is 262 g/mol. The molecule has 0 saturated carbocycles. The van der Waals surface area contributed by atoms with Crippen LogP contribution in [0.1, 0.15) is 6.42 Å². The van der Waals surface area contributed by atoms with Gasteiger partial charge in [0.15, 0.2) is 0 Å². The third kappa shape index (κ3) is 2.83. The van der Waals surface area contributed by atoms with Crippen LogP contribution in [0.5, 0.6) is 6.01 Å². The molecule has 0 spiro atoms.